The van der Waals surface area contributed by atoms with Crippen molar-refractivity contribution >= 4 is 23.4 Å². The third kappa shape index (κ3) is 3.28. The van der Waals surface area contributed by atoms with Crippen LogP contribution in [0.2, 0.25) is 0 Å². The molecule has 7 heteroatoms. The van der Waals surface area contributed by atoms with Gasteiger partial charge in [0.05, 0.1) is 5.75 Å². The number of carbonyl (C=O) groups is 1. The van der Waals surface area contributed by atoms with Crippen molar-refractivity contribution in [1.82, 2.24) is 10.2 Å². The average Bonchev–Trinajstić information content (AvgIpc) is 3.27. The number of hydrogen-bond acceptors (Lipinski definition) is 5. The van der Waals surface area contributed by atoms with Gasteiger partial charge in [-0.2, -0.15) is 0 Å². The van der Waals surface area contributed by atoms with Crippen molar-refractivity contribution in [3.05, 3.63) is 59.9 Å². The summed E-state index contributed by atoms with van der Waals surface area (Å²) >= 11 is 1.20. The number of aromatic nitrogens is 2. The molecule has 126 valence electrons. The number of amides is 1. The number of fused-ring (bicyclic) bond motifs is 1. The van der Waals surface area contributed by atoms with Gasteiger partial charge >= 0.3 is 0 Å². The molecule has 3 aromatic rings. The second-order valence-electron chi connectivity index (χ2n) is 5.59. The van der Waals surface area contributed by atoms with Gasteiger partial charge in [0.25, 0.3) is 5.22 Å². The molecule has 2 heterocycles. The lowest BCUT2D eigenvalue weighted by Crippen LogP contribution is -2.30. The van der Waals surface area contributed by atoms with Crippen molar-refractivity contribution in [1.29, 1.82) is 0 Å². The Morgan fingerprint density at radius 2 is 1.96 bits per heavy atom. The summed E-state index contributed by atoms with van der Waals surface area (Å²) in [4.78, 5) is 14.3. The topological polar surface area (TPSA) is 59.2 Å². The van der Waals surface area contributed by atoms with Gasteiger partial charge in [-0.25, -0.2) is 4.39 Å². The van der Waals surface area contributed by atoms with Gasteiger partial charge < -0.3 is 9.32 Å². The van der Waals surface area contributed by atoms with Gasteiger partial charge in [-0.15, -0.1) is 10.2 Å². The van der Waals surface area contributed by atoms with Crippen LogP contribution in [0.25, 0.3) is 11.5 Å². The smallest absolute Gasteiger partial charge is 0.277 e. The van der Waals surface area contributed by atoms with Gasteiger partial charge in [0.1, 0.15) is 5.82 Å². The van der Waals surface area contributed by atoms with Crippen LogP contribution in [0.15, 0.2) is 58.2 Å². The van der Waals surface area contributed by atoms with Crippen LogP contribution in [0.1, 0.15) is 5.56 Å². The molecule has 0 bridgehead atoms. The SMILES string of the molecule is O=C(CSc1nnc(-c2ccc(F)cc2)o1)N1CCc2ccccc21. The number of halogens is 1. The largest absolute Gasteiger partial charge is 0.411 e. The van der Waals surface area contributed by atoms with Gasteiger partial charge in [0.2, 0.25) is 11.8 Å². The molecule has 1 aromatic heterocycles. The number of para-hydroxylation sites is 1. The van der Waals surface area contributed by atoms with Crippen molar-refractivity contribution in [2.75, 3.05) is 17.2 Å². The Bertz CT molecular complexity index is 911. The summed E-state index contributed by atoms with van der Waals surface area (Å²) in [7, 11) is 0. The maximum Gasteiger partial charge on any atom is 0.277 e. The van der Waals surface area contributed by atoms with Gasteiger partial charge in [0, 0.05) is 17.8 Å². The molecule has 0 saturated carbocycles. The first-order valence-electron chi connectivity index (χ1n) is 7.81. The molecule has 0 radical (unpaired) electrons. The Hall–Kier alpha value is -2.67. The minimum Gasteiger partial charge on any atom is -0.411 e. The summed E-state index contributed by atoms with van der Waals surface area (Å²) in [6, 6.07) is 13.7. The fraction of sp³-hybridized carbons (Fsp3) is 0.167. The zero-order valence-electron chi connectivity index (χ0n) is 13.2. The van der Waals surface area contributed by atoms with Crippen LogP contribution in [0.3, 0.4) is 0 Å². The molecule has 0 fully saturated rings. The summed E-state index contributed by atoms with van der Waals surface area (Å²) in [5.74, 6) is 0.214. The normalized spacial score (nSPS) is 13.1. The summed E-state index contributed by atoms with van der Waals surface area (Å²) < 4.78 is 18.5. The van der Waals surface area contributed by atoms with Gasteiger partial charge in [-0.05, 0) is 42.3 Å². The van der Waals surface area contributed by atoms with E-state index in [0.717, 1.165) is 12.1 Å². The molecule has 1 aliphatic rings. The highest BCUT2D eigenvalue weighted by atomic mass is 32.2. The standard InChI is InChI=1S/C18H14FN3O2S/c19-14-7-5-13(6-8-14)17-20-21-18(24-17)25-11-16(23)22-10-9-12-3-1-2-4-15(12)22/h1-8H,9-11H2. The second-order valence-corrected chi connectivity index (χ2v) is 6.52. The van der Waals surface area contributed by atoms with E-state index in [9.17, 15) is 9.18 Å². The van der Waals surface area contributed by atoms with Crippen LogP contribution in [0, 0.1) is 5.82 Å². The molecule has 0 saturated heterocycles. The number of benzene rings is 2. The number of anilines is 1. The predicted molar refractivity (Wildman–Crippen MR) is 92.9 cm³/mol. The quantitative estimate of drug-likeness (QED) is 0.670. The van der Waals surface area contributed by atoms with Crippen LogP contribution in [0.5, 0.6) is 0 Å². The van der Waals surface area contributed by atoms with Gasteiger partial charge in [0.15, 0.2) is 0 Å². The zero-order chi connectivity index (χ0) is 17.2. The van der Waals surface area contributed by atoms with Crippen LogP contribution >= 0.6 is 11.8 Å². The fourth-order valence-corrected chi connectivity index (χ4v) is 3.42. The first kappa shape index (κ1) is 15.8. The highest BCUT2D eigenvalue weighted by Gasteiger charge is 2.24. The van der Waals surface area contributed by atoms with E-state index in [4.69, 9.17) is 4.42 Å². The van der Waals surface area contributed by atoms with Crippen molar-refractivity contribution in [2.24, 2.45) is 0 Å². The molecule has 0 spiro atoms. The Morgan fingerprint density at radius 3 is 2.80 bits per heavy atom. The molecule has 25 heavy (non-hydrogen) atoms. The van der Waals surface area contributed by atoms with Gasteiger partial charge in [-0.1, -0.05) is 30.0 Å². The highest BCUT2D eigenvalue weighted by Crippen LogP contribution is 2.29. The molecule has 5 nitrogen and oxygen atoms in total. The van der Waals surface area contributed by atoms with Crippen molar-refractivity contribution < 1.29 is 13.6 Å². The van der Waals surface area contributed by atoms with Crippen molar-refractivity contribution in [3.63, 3.8) is 0 Å². The van der Waals surface area contributed by atoms with E-state index in [1.807, 2.05) is 24.3 Å². The van der Waals surface area contributed by atoms with Crippen molar-refractivity contribution in [3.8, 4) is 11.5 Å². The number of rotatable bonds is 4. The molecule has 0 N–H and O–H groups in total. The van der Waals surface area contributed by atoms with Crippen LogP contribution in [-0.2, 0) is 11.2 Å². The Balaban J connectivity index is 1.41. The van der Waals surface area contributed by atoms with E-state index in [2.05, 4.69) is 10.2 Å². The second kappa shape index (κ2) is 6.68. The lowest BCUT2D eigenvalue weighted by atomic mass is 10.2. The Morgan fingerprint density at radius 1 is 1.16 bits per heavy atom. The van der Waals surface area contributed by atoms with E-state index in [1.165, 1.54) is 29.5 Å². The summed E-state index contributed by atoms with van der Waals surface area (Å²) in [5, 5.41) is 8.20. The molecule has 4 rings (SSSR count). The lowest BCUT2D eigenvalue weighted by Gasteiger charge is -2.16. The Kier molecular flexibility index (Phi) is 4.23. The average molecular weight is 355 g/mol. The van der Waals surface area contributed by atoms with Gasteiger partial charge in [-0.3, -0.25) is 4.79 Å². The molecule has 2 aromatic carbocycles. The molecule has 0 unspecified atom stereocenters. The lowest BCUT2D eigenvalue weighted by molar-refractivity contribution is -0.116. The van der Waals surface area contributed by atoms with E-state index in [-0.39, 0.29) is 17.5 Å². The van der Waals surface area contributed by atoms with E-state index in [1.54, 1.807) is 17.0 Å². The first-order chi connectivity index (χ1) is 12.2. The zero-order valence-corrected chi connectivity index (χ0v) is 14.0. The molecule has 1 aliphatic heterocycles. The molecule has 1 amide bonds. The molecular weight excluding hydrogens is 341 g/mol. The Labute approximate surface area is 147 Å². The van der Waals surface area contributed by atoms with Crippen LogP contribution in [0.4, 0.5) is 10.1 Å². The summed E-state index contributed by atoms with van der Waals surface area (Å²) in [6.07, 6.45) is 0.877. The number of thioether (sulfide) groups is 1. The number of hydrogen-bond donors (Lipinski definition) is 0. The van der Waals surface area contributed by atoms with Crippen LogP contribution in [-0.4, -0.2) is 28.4 Å². The van der Waals surface area contributed by atoms with E-state index in [0.29, 0.717) is 23.2 Å². The minimum atomic E-state index is -0.325. The maximum atomic E-state index is 13.0. The fourth-order valence-electron chi connectivity index (χ4n) is 2.78. The van der Waals surface area contributed by atoms with Crippen LogP contribution < -0.4 is 4.90 Å². The highest BCUT2D eigenvalue weighted by molar-refractivity contribution is 7.99. The molecule has 0 atom stereocenters. The van der Waals surface area contributed by atoms with E-state index < -0.39 is 0 Å². The van der Waals surface area contributed by atoms with E-state index >= 15 is 0 Å². The molecule has 0 aliphatic carbocycles. The summed E-state index contributed by atoms with van der Waals surface area (Å²) in [6.45, 7) is 0.698. The minimum absolute atomic E-state index is 0.0106. The monoisotopic (exact) mass is 355 g/mol. The number of nitrogens with zero attached hydrogens (tertiary/aromatic N) is 3. The maximum absolute atomic E-state index is 13.0. The first-order valence-corrected chi connectivity index (χ1v) is 8.80. The van der Waals surface area contributed by atoms with Crippen molar-refractivity contribution in [2.45, 2.75) is 11.6 Å². The number of carbonyl (C=O) groups excluding carboxylic acids is 1. The third-order valence-electron chi connectivity index (χ3n) is 4.00. The summed E-state index contributed by atoms with van der Waals surface area (Å²) in [5.41, 5.74) is 2.81. The third-order valence-corrected chi connectivity index (χ3v) is 4.81. The predicted octanol–water partition coefficient (Wildman–Crippen LogP) is 3.56. The molecular formula is C18H14FN3O2S.